The topological polar surface area (TPSA) is 67.9 Å². The maximum absolute atomic E-state index is 13.6. The van der Waals surface area contributed by atoms with Gasteiger partial charge in [0.2, 0.25) is 0 Å². The second-order valence-electron chi connectivity index (χ2n) is 8.38. The Labute approximate surface area is 240 Å². The number of nitrogens with zero attached hydrogens (tertiary/aromatic N) is 1. The number of carbonyl (C=O) groups is 2. The van der Waals surface area contributed by atoms with Crippen LogP contribution in [-0.4, -0.2) is 23.5 Å². The van der Waals surface area contributed by atoms with Gasteiger partial charge in [0.05, 0.1) is 22.3 Å². The lowest BCUT2D eigenvalue weighted by Crippen LogP contribution is -2.54. The Morgan fingerprint density at radius 1 is 1.10 bits per heavy atom. The lowest BCUT2D eigenvalue weighted by molar-refractivity contribution is -0.122. The molecule has 1 N–H and O–H groups in total. The van der Waals surface area contributed by atoms with E-state index in [9.17, 15) is 14.0 Å². The molecule has 1 heterocycles. The Morgan fingerprint density at radius 2 is 1.87 bits per heavy atom. The van der Waals surface area contributed by atoms with E-state index in [4.69, 9.17) is 44.9 Å². The van der Waals surface area contributed by atoms with Gasteiger partial charge in [0, 0.05) is 5.56 Å². The fourth-order valence-electron chi connectivity index (χ4n) is 3.99. The molecule has 1 aliphatic rings. The van der Waals surface area contributed by atoms with Crippen molar-refractivity contribution in [2.24, 2.45) is 0 Å². The SMILES string of the molecule is C=CCc1cc(/C=C2\C(=O)NC(=S)N(c3cccc(Cl)c3Cl)C2=O)cc(OCC)c1OCc1cccc(F)c1. The van der Waals surface area contributed by atoms with Crippen LogP contribution >= 0.6 is 35.4 Å². The third-order valence-electron chi connectivity index (χ3n) is 5.68. The molecule has 39 heavy (non-hydrogen) atoms. The van der Waals surface area contributed by atoms with E-state index in [1.807, 2.05) is 6.92 Å². The summed E-state index contributed by atoms with van der Waals surface area (Å²) in [7, 11) is 0. The number of hydrogen-bond donors (Lipinski definition) is 1. The van der Waals surface area contributed by atoms with Crippen LogP contribution < -0.4 is 19.7 Å². The van der Waals surface area contributed by atoms with Crippen LogP contribution in [0.5, 0.6) is 11.5 Å². The average molecular weight is 585 g/mol. The largest absolute Gasteiger partial charge is 0.490 e. The van der Waals surface area contributed by atoms with Crippen LogP contribution in [-0.2, 0) is 22.6 Å². The van der Waals surface area contributed by atoms with Crippen LogP contribution in [0.1, 0.15) is 23.6 Å². The van der Waals surface area contributed by atoms with Crippen molar-refractivity contribution >= 4 is 64.1 Å². The predicted molar refractivity (Wildman–Crippen MR) is 155 cm³/mol. The molecule has 2 amide bonds. The smallest absolute Gasteiger partial charge is 0.270 e. The molecule has 0 unspecified atom stereocenters. The van der Waals surface area contributed by atoms with E-state index in [1.54, 1.807) is 48.5 Å². The Bertz CT molecular complexity index is 1510. The van der Waals surface area contributed by atoms with Crippen LogP contribution in [0.25, 0.3) is 6.08 Å². The number of halogens is 3. The summed E-state index contributed by atoms with van der Waals surface area (Å²) in [4.78, 5) is 27.5. The molecule has 0 radical (unpaired) electrons. The van der Waals surface area contributed by atoms with Crippen molar-refractivity contribution < 1.29 is 23.5 Å². The quantitative estimate of drug-likeness (QED) is 0.132. The molecule has 0 bridgehead atoms. The Balaban J connectivity index is 1.74. The van der Waals surface area contributed by atoms with E-state index >= 15 is 0 Å². The fraction of sp³-hybridized carbons (Fsp3) is 0.138. The Kier molecular flexibility index (Phi) is 9.01. The van der Waals surface area contributed by atoms with Gasteiger partial charge >= 0.3 is 0 Å². The number of hydrogen-bond acceptors (Lipinski definition) is 5. The van der Waals surface area contributed by atoms with E-state index in [0.717, 1.165) is 4.90 Å². The molecule has 6 nitrogen and oxygen atoms in total. The number of nitrogens with one attached hydrogen (secondary N) is 1. The summed E-state index contributed by atoms with van der Waals surface area (Å²) in [6, 6.07) is 14.3. The molecule has 3 aromatic rings. The summed E-state index contributed by atoms with van der Waals surface area (Å²) in [6.45, 7) is 6.07. The summed E-state index contributed by atoms with van der Waals surface area (Å²) in [5, 5.41) is 2.77. The number of ether oxygens (including phenoxy) is 2. The number of anilines is 1. The van der Waals surface area contributed by atoms with Crippen LogP contribution in [0.2, 0.25) is 10.0 Å². The first-order valence-electron chi connectivity index (χ1n) is 11.9. The lowest BCUT2D eigenvalue weighted by atomic mass is 10.0. The maximum Gasteiger partial charge on any atom is 0.270 e. The van der Waals surface area contributed by atoms with E-state index in [1.165, 1.54) is 18.2 Å². The van der Waals surface area contributed by atoms with Gasteiger partial charge in [0.15, 0.2) is 16.6 Å². The van der Waals surface area contributed by atoms with Crippen LogP contribution in [0.3, 0.4) is 0 Å². The van der Waals surface area contributed by atoms with Gasteiger partial charge in [-0.1, -0.05) is 47.5 Å². The highest BCUT2D eigenvalue weighted by molar-refractivity contribution is 7.80. The third kappa shape index (κ3) is 6.30. The first-order chi connectivity index (χ1) is 18.7. The highest BCUT2D eigenvalue weighted by atomic mass is 35.5. The number of benzene rings is 3. The fourth-order valence-corrected chi connectivity index (χ4v) is 4.64. The van der Waals surface area contributed by atoms with Crippen molar-refractivity contribution in [3.63, 3.8) is 0 Å². The minimum Gasteiger partial charge on any atom is -0.490 e. The number of amides is 2. The van der Waals surface area contributed by atoms with Gasteiger partial charge in [-0.3, -0.25) is 19.8 Å². The molecule has 10 heteroatoms. The van der Waals surface area contributed by atoms with Crippen molar-refractivity contribution in [2.75, 3.05) is 11.5 Å². The summed E-state index contributed by atoms with van der Waals surface area (Å²) >= 11 is 17.7. The van der Waals surface area contributed by atoms with Crippen molar-refractivity contribution in [3.8, 4) is 11.5 Å². The molecule has 1 fully saturated rings. The van der Waals surface area contributed by atoms with Gasteiger partial charge in [-0.25, -0.2) is 4.39 Å². The van der Waals surface area contributed by atoms with E-state index < -0.39 is 11.8 Å². The number of thiocarbonyl (C=S) groups is 1. The van der Waals surface area contributed by atoms with E-state index in [2.05, 4.69) is 11.9 Å². The van der Waals surface area contributed by atoms with Gasteiger partial charge in [0.25, 0.3) is 11.8 Å². The normalized spacial score (nSPS) is 14.4. The zero-order valence-electron chi connectivity index (χ0n) is 20.8. The molecular weight excluding hydrogens is 562 g/mol. The second kappa shape index (κ2) is 12.4. The summed E-state index contributed by atoms with van der Waals surface area (Å²) in [6.07, 6.45) is 3.54. The average Bonchev–Trinajstić information content (AvgIpc) is 2.89. The van der Waals surface area contributed by atoms with Crippen LogP contribution in [0.15, 0.2) is 72.8 Å². The summed E-state index contributed by atoms with van der Waals surface area (Å²) in [5.41, 5.74) is 1.94. The number of allylic oxidation sites excluding steroid dienone is 1. The number of carbonyl (C=O) groups excluding carboxylic acids is 2. The monoisotopic (exact) mass is 584 g/mol. The van der Waals surface area contributed by atoms with Crippen LogP contribution in [0.4, 0.5) is 10.1 Å². The second-order valence-corrected chi connectivity index (χ2v) is 9.55. The minimum atomic E-state index is -0.664. The van der Waals surface area contributed by atoms with Crippen LogP contribution in [0, 0.1) is 5.82 Å². The molecule has 200 valence electrons. The molecule has 3 aromatic carbocycles. The summed E-state index contributed by atoms with van der Waals surface area (Å²) in [5.74, 6) is -0.834. The molecule has 1 saturated heterocycles. The number of rotatable bonds is 9. The van der Waals surface area contributed by atoms with Gasteiger partial charge in [-0.05, 0) is 79.2 Å². The molecule has 4 rings (SSSR count). The minimum absolute atomic E-state index is 0.107. The van der Waals surface area contributed by atoms with Gasteiger partial charge in [-0.2, -0.15) is 0 Å². The van der Waals surface area contributed by atoms with Crippen molar-refractivity contribution in [1.29, 1.82) is 0 Å². The molecule has 1 aliphatic heterocycles. The highest BCUT2D eigenvalue weighted by Crippen LogP contribution is 2.37. The zero-order chi connectivity index (χ0) is 28.1. The van der Waals surface area contributed by atoms with Gasteiger partial charge < -0.3 is 9.47 Å². The van der Waals surface area contributed by atoms with Crippen molar-refractivity contribution in [3.05, 3.63) is 105 Å². The van der Waals surface area contributed by atoms with Crippen molar-refractivity contribution in [1.82, 2.24) is 5.32 Å². The predicted octanol–water partition coefficient (Wildman–Crippen LogP) is 6.67. The molecular formula is C29H23Cl2FN2O4S. The van der Waals surface area contributed by atoms with E-state index in [0.29, 0.717) is 41.2 Å². The van der Waals surface area contributed by atoms with Gasteiger partial charge in [0.1, 0.15) is 18.0 Å². The first kappa shape index (κ1) is 28.3. The highest BCUT2D eigenvalue weighted by Gasteiger charge is 2.35. The Hall–Kier alpha value is -3.72. The van der Waals surface area contributed by atoms with Crippen molar-refractivity contribution in [2.45, 2.75) is 20.0 Å². The molecule has 0 spiro atoms. The molecule has 0 aromatic heterocycles. The maximum atomic E-state index is 13.6. The first-order valence-corrected chi connectivity index (χ1v) is 13.0. The molecule has 0 atom stereocenters. The zero-order valence-corrected chi connectivity index (χ0v) is 23.1. The van der Waals surface area contributed by atoms with E-state index in [-0.39, 0.29) is 38.8 Å². The molecule has 0 aliphatic carbocycles. The molecule has 0 saturated carbocycles. The lowest BCUT2D eigenvalue weighted by Gasteiger charge is -2.29. The third-order valence-corrected chi connectivity index (χ3v) is 6.77. The van der Waals surface area contributed by atoms with Gasteiger partial charge in [-0.15, -0.1) is 6.58 Å². The Morgan fingerprint density at radius 3 is 2.59 bits per heavy atom. The standard InChI is InChI=1S/C29H23Cl2FN2O4S/c1-3-7-19-12-18(15-24(37-4-2)26(19)38-16-17-8-5-9-20(32)13-17)14-21-27(35)33-29(39)34(28(21)36)23-11-6-10-22(30)25(23)31/h3,5-6,8-15H,1,4,7,16H2,2H3,(H,33,35,39)/b21-14+. The summed E-state index contributed by atoms with van der Waals surface area (Å²) < 4.78 is 25.5.